The van der Waals surface area contributed by atoms with Crippen molar-refractivity contribution >= 4 is 23.4 Å². The van der Waals surface area contributed by atoms with Crippen molar-refractivity contribution in [3.63, 3.8) is 0 Å². The second-order valence-corrected chi connectivity index (χ2v) is 4.87. The van der Waals surface area contributed by atoms with Crippen molar-refractivity contribution in [3.05, 3.63) is 11.2 Å². The Morgan fingerprint density at radius 1 is 1.35 bits per heavy atom. The fourth-order valence-corrected chi connectivity index (χ4v) is 2.75. The molecule has 1 fully saturated rings. The van der Waals surface area contributed by atoms with Crippen LogP contribution in [-0.4, -0.2) is 22.6 Å². The van der Waals surface area contributed by atoms with Gasteiger partial charge in [-0.15, -0.1) is 0 Å². The van der Waals surface area contributed by atoms with Crippen molar-refractivity contribution in [2.45, 2.75) is 45.1 Å². The lowest BCUT2D eigenvalue weighted by molar-refractivity contribution is 0.416. The lowest BCUT2D eigenvalue weighted by atomic mass is 9.94. The molecule has 4 nitrogen and oxygen atoms in total. The first-order valence-corrected chi connectivity index (χ1v) is 6.65. The monoisotopic (exact) mass is 254 g/mol. The Labute approximate surface area is 107 Å². The van der Waals surface area contributed by atoms with Crippen LogP contribution in [0.5, 0.6) is 0 Å². The molecule has 0 amide bonds. The van der Waals surface area contributed by atoms with E-state index in [0.717, 1.165) is 12.4 Å². The Balaban J connectivity index is 2.21. The fraction of sp³-hybridized carbons (Fsp3) is 0.667. The third kappa shape index (κ3) is 3.00. The van der Waals surface area contributed by atoms with Gasteiger partial charge in [0.15, 0.2) is 0 Å². The maximum atomic E-state index is 5.93. The average Bonchev–Trinajstić information content (AvgIpc) is 2.30. The summed E-state index contributed by atoms with van der Waals surface area (Å²) in [6.45, 7) is 3.07. The minimum Gasteiger partial charge on any atom is -0.368 e. The molecular weight excluding hydrogens is 236 g/mol. The zero-order valence-electron chi connectivity index (χ0n) is 10.2. The summed E-state index contributed by atoms with van der Waals surface area (Å²) in [6.07, 6.45) is 6.41. The molecule has 1 aromatic rings. The summed E-state index contributed by atoms with van der Waals surface area (Å²) >= 11 is 5.93. The number of hydrogen-bond acceptors (Lipinski definition) is 4. The summed E-state index contributed by atoms with van der Waals surface area (Å²) in [5, 5.41) is 0.418. The molecule has 0 atom stereocenters. The Kier molecular flexibility index (Phi) is 4.05. The third-order valence-corrected chi connectivity index (χ3v) is 3.54. The van der Waals surface area contributed by atoms with E-state index in [1.165, 1.54) is 32.1 Å². The van der Waals surface area contributed by atoms with Crippen LogP contribution in [-0.2, 0) is 0 Å². The molecule has 1 heterocycles. The molecule has 0 unspecified atom stereocenters. The van der Waals surface area contributed by atoms with Gasteiger partial charge in [-0.05, 0) is 19.8 Å². The second-order valence-electron chi connectivity index (χ2n) is 4.48. The highest BCUT2D eigenvalue weighted by Crippen LogP contribution is 2.27. The van der Waals surface area contributed by atoms with Crippen LogP contribution in [0.3, 0.4) is 0 Å². The van der Waals surface area contributed by atoms with Gasteiger partial charge >= 0.3 is 0 Å². The van der Waals surface area contributed by atoms with Crippen molar-refractivity contribution < 1.29 is 0 Å². The topological polar surface area (TPSA) is 55.0 Å². The van der Waals surface area contributed by atoms with Crippen molar-refractivity contribution in [2.75, 3.05) is 17.2 Å². The number of nitrogen functional groups attached to an aromatic ring is 1. The minimum absolute atomic E-state index is 0.252. The predicted octanol–water partition coefficient (Wildman–Crippen LogP) is 2.87. The van der Waals surface area contributed by atoms with Crippen LogP contribution in [0.25, 0.3) is 0 Å². The van der Waals surface area contributed by atoms with E-state index in [0.29, 0.717) is 11.2 Å². The van der Waals surface area contributed by atoms with Crippen LogP contribution in [0, 0.1) is 0 Å². The Bertz CT molecular complexity index is 357. The predicted molar refractivity (Wildman–Crippen MR) is 71.3 cm³/mol. The van der Waals surface area contributed by atoms with Crippen molar-refractivity contribution in [1.29, 1.82) is 0 Å². The van der Waals surface area contributed by atoms with Gasteiger partial charge in [-0.3, -0.25) is 0 Å². The van der Waals surface area contributed by atoms with Crippen LogP contribution in [0.15, 0.2) is 6.07 Å². The number of rotatable bonds is 3. The summed E-state index contributed by atoms with van der Waals surface area (Å²) in [6, 6.07) is 2.37. The number of nitrogens with zero attached hydrogens (tertiary/aromatic N) is 3. The highest BCUT2D eigenvalue weighted by Gasteiger charge is 2.21. The molecule has 1 aromatic heterocycles. The van der Waals surface area contributed by atoms with Gasteiger partial charge in [-0.25, -0.2) is 4.98 Å². The molecule has 1 saturated carbocycles. The van der Waals surface area contributed by atoms with Gasteiger partial charge in [0.25, 0.3) is 0 Å². The van der Waals surface area contributed by atoms with Crippen LogP contribution in [0.1, 0.15) is 39.0 Å². The maximum absolute atomic E-state index is 5.93. The molecular formula is C12H19ClN4. The second kappa shape index (κ2) is 5.54. The van der Waals surface area contributed by atoms with Crippen molar-refractivity contribution in [3.8, 4) is 0 Å². The standard InChI is InChI=1S/C12H19ClN4/c1-2-17(9-6-4-3-5-7-9)11-8-10(13)15-12(14)16-11/h8-9H,2-7H2,1H3,(H2,14,15,16). The highest BCUT2D eigenvalue weighted by molar-refractivity contribution is 6.29. The van der Waals surface area contributed by atoms with Crippen LogP contribution in [0.2, 0.25) is 5.15 Å². The highest BCUT2D eigenvalue weighted by atomic mass is 35.5. The molecule has 0 saturated heterocycles. The van der Waals surface area contributed by atoms with E-state index in [4.69, 9.17) is 17.3 Å². The Morgan fingerprint density at radius 3 is 2.65 bits per heavy atom. The van der Waals surface area contributed by atoms with Gasteiger partial charge < -0.3 is 10.6 Å². The molecule has 1 aliphatic rings. The summed E-state index contributed by atoms with van der Waals surface area (Å²) in [5.74, 6) is 1.11. The number of anilines is 2. The van der Waals surface area contributed by atoms with E-state index >= 15 is 0 Å². The molecule has 1 aliphatic carbocycles. The number of halogens is 1. The SMILES string of the molecule is CCN(c1cc(Cl)nc(N)n1)C1CCCCC1. The molecule has 0 bridgehead atoms. The Hall–Kier alpha value is -1.03. The van der Waals surface area contributed by atoms with Gasteiger partial charge in [-0.1, -0.05) is 30.9 Å². The van der Waals surface area contributed by atoms with Gasteiger partial charge in [0.2, 0.25) is 5.95 Å². The first-order valence-electron chi connectivity index (χ1n) is 6.27. The van der Waals surface area contributed by atoms with Crippen molar-refractivity contribution in [2.24, 2.45) is 0 Å². The number of nitrogens with two attached hydrogens (primary N) is 1. The fourth-order valence-electron chi connectivity index (χ4n) is 2.57. The lowest BCUT2D eigenvalue weighted by Crippen LogP contribution is -2.37. The molecule has 0 radical (unpaired) electrons. The van der Waals surface area contributed by atoms with E-state index in [-0.39, 0.29) is 5.95 Å². The van der Waals surface area contributed by atoms with Gasteiger partial charge in [-0.2, -0.15) is 4.98 Å². The average molecular weight is 255 g/mol. The van der Waals surface area contributed by atoms with E-state index < -0.39 is 0 Å². The van der Waals surface area contributed by atoms with Gasteiger partial charge in [0, 0.05) is 18.7 Å². The zero-order chi connectivity index (χ0) is 12.3. The van der Waals surface area contributed by atoms with Crippen LogP contribution < -0.4 is 10.6 Å². The molecule has 2 rings (SSSR count). The summed E-state index contributed by atoms with van der Waals surface area (Å²) in [5.41, 5.74) is 5.65. The number of hydrogen-bond donors (Lipinski definition) is 1. The van der Waals surface area contributed by atoms with Crippen LogP contribution >= 0.6 is 11.6 Å². The first kappa shape index (κ1) is 12.4. The van der Waals surface area contributed by atoms with Gasteiger partial charge in [0.05, 0.1) is 0 Å². The summed E-state index contributed by atoms with van der Waals surface area (Å²) in [4.78, 5) is 10.5. The molecule has 94 valence electrons. The molecule has 17 heavy (non-hydrogen) atoms. The molecule has 2 N–H and O–H groups in total. The summed E-state index contributed by atoms with van der Waals surface area (Å²) in [7, 11) is 0. The van der Waals surface area contributed by atoms with E-state index in [2.05, 4.69) is 21.8 Å². The maximum Gasteiger partial charge on any atom is 0.223 e. The third-order valence-electron chi connectivity index (χ3n) is 3.35. The Morgan fingerprint density at radius 2 is 2.06 bits per heavy atom. The molecule has 0 aliphatic heterocycles. The normalized spacial score (nSPS) is 17.1. The first-order chi connectivity index (χ1) is 8.20. The summed E-state index contributed by atoms with van der Waals surface area (Å²) < 4.78 is 0. The molecule has 0 spiro atoms. The van der Waals surface area contributed by atoms with Gasteiger partial charge in [0.1, 0.15) is 11.0 Å². The van der Waals surface area contributed by atoms with E-state index in [1.54, 1.807) is 6.07 Å². The molecule has 5 heteroatoms. The largest absolute Gasteiger partial charge is 0.368 e. The zero-order valence-corrected chi connectivity index (χ0v) is 11.0. The lowest BCUT2D eigenvalue weighted by Gasteiger charge is -2.34. The van der Waals surface area contributed by atoms with E-state index in [1.807, 2.05) is 0 Å². The van der Waals surface area contributed by atoms with Crippen molar-refractivity contribution in [1.82, 2.24) is 9.97 Å². The minimum atomic E-state index is 0.252. The smallest absolute Gasteiger partial charge is 0.223 e. The van der Waals surface area contributed by atoms with Crippen LogP contribution in [0.4, 0.5) is 11.8 Å². The quantitative estimate of drug-likeness (QED) is 0.843. The number of aromatic nitrogens is 2. The van der Waals surface area contributed by atoms with E-state index in [9.17, 15) is 0 Å². The molecule has 0 aromatic carbocycles.